The van der Waals surface area contributed by atoms with E-state index in [0.717, 1.165) is 24.6 Å². The highest BCUT2D eigenvalue weighted by Gasteiger charge is 2.45. The van der Waals surface area contributed by atoms with Crippen LogP contribution in [0.25, 0.3) is 0 Å². The van der Waals surface area contributed by atoms with Gasteiger partial charge in [0.05, 0.1) is 12.7 Å². The van der Waals surface area contributed by atoms with Gasteiger partial charge in [0.2, 0.25) is 0 Å². The minimum absolute atomic E-state index is 0.519. The summed E-state index contributed by atoms with van der Waals surface area (Å²) in [5.74, 6) is 1.01. The standard InChI is InChI=1S/C12H21NO/c1-2-11-7-13-10(8-14-11)6-9-4-3-5-12(9)13/h9-12H,2-8H2,1H3. The fraction of sp³-hybridized carbons (Fsp3) is 1.00. The van der Waals surface area contributed by atoms with Gasteiger partial charge in [0, 0.05) is 18.6 Å². The van der Waals surface area contributed by atoms with Gasteiger partial charge >= 0.3 is 0 Å². The zero-order valence-electron chi connectivity index (χ0n) is 9.11. The number of hydrogen-bond acceptors (Lipinski definition) is 2. The highest BCUT2D eigenvalue weighted by molar-refractivity contribution is 4.99. The zero-order chi connectivity index (χ0) is 9.54. The summed E-state index contributed by atoms with van der Waals surface area (Å²) < 4.78 is 5.86. The second kappa shape index (κ2) is 3.49. The van der Waals surface area contributed by atoms with Crippen molar-refractivity contribution >= 4 is 0 Å². The highest BCUT2D eigenvalue weighted by Crippen LogP contribution is 2.42. The van der Waals surface area contributed by atoms with Gasteiger partial charge in [-0.1, -0.05) is 13.3 Å². The predicted molar refractivity (Wildman–Crippen MR) is 56.3 cm³/mol. The molecule has 1 aliphatic carbocycles. The molecule has 0 N–H and O–H groups in total. The summed E-state index contributed by atoms with van der Waals surface area (Å²) in [7, 11) is 0. The lowest BCUT2D eigenvalue weighted by molar-refractivity contribution is -0.0611. The first-order valence-electron chi connectivity index (χ1n) is 6.26. The van der Waals surface area contributed by atoms with Crippen LogP contribution in [0.15, 0.2) is 0 Å². The molecule has 4 atom stereocenters. The number of morpholine rings is 1. The van der Waals surface area contributed by atoms with Gasteiger partial charge in [-0.15, -0.1) is 0 Å². The fourth-order valence-electron chi connectivity index (χ4n) is 3.71. The van der Waals surface area contributed by atoms with Crippen molar-refractivity contribution in [1.29, 1.82) is 0 Å². The van der Waals surface area contributed by atoms with Crippen LogP contribution in [-0.4, -0.2) is 36.2 Å². The summed E-state index contributed by atoms with van der Waals surface area (Å²) >= 11 is 0. The van der Waals surface area contributed by atoms with Crippen LogP contribution < -0.4 is 0 Å². The minimum atomic E-state index is 0.519. The Kier molecular flexibility index (Phi) is 2.29. The third-order valence-corrected chi connectivity index (χ3v) is 4.48. The molecule has 0 spiro atoms. The van der Waals surface area contributed by atoms with E-state index in [2.05, 4.69) is 11.8 Å². The maximum Gasteiger partial charge on any atom is 0.0700 e. The Labute approximate surface area is 86.6 Å². The van der Waals surface area contributed by atoms with Gasteiger partial charge in [-0.2, -0.15) is 0 Å². The first kappa shape index (κ1) is 9.17. The molecule has 0 aromatic heterocycles. The van der Waals surface area contributed by atoms with Crippen LogP contribution >= 0.6 is 0 Å². The van der Waals surface area contributed by atoms with Gasteiger partial charge in [0.1, 0.15) is 0 Å². The smallest absolute Gasteiger partial charge is 0.0700 e. The van der Waals surface area contributed by atoms with Crippen molar-refractivity contribution in [2.24, 2.45) is 5.92 Å². The summed E-state index contributed by atoms with van der Waals surface area (Å²) in [5.41, 5.74) is 0. The first-order valence-corrected chi connectivity index (χ1v) is 6.26. The molecule has 0 radical (unpaired) electrons. The second-order valence-electron chi connectivity index (χ2n) is 5.21. The van der Waals surface area contributed by atoms with Gasteiger partial charge in [-0.25, -0.2) is 0 Å². The fourth-order valence-corrected chi connectivity index (χ4v) is 3.71. The summed E-state index contributed by atoms with van der Waals surface area (Å²) in [5, 5.41) is 0. The van der Waals surface area contributed by atoms with Crippen LogP contribution in [0.2, 0.25) is 0 Å². The number of hydrogen-bond donors (Lipinski definition) is 0. The highest BCUT2D eigenvalue weighted by atomic mass is 16.5. The molecule has 0 aromatic carbocycles. The summed E-state index contributed by atoms with van der Waals surface area (Å²) in [6, 6.07) is 1.70. The molecule has 4 unspecified atom stereocenters. The Balaban J connectivity index is 1.72. The molecule has 3 aliphatic rings. The Morgan fingerprint density at radius 3 is 3.14 bits per heavy atom. The number of ether oxygens (including phenoxy) is 1. The van der Waals surface area contributed by atoms with E-state index in [0.29, 0.717) is 6.10 Å². The summed E-state index contributed by atoms with van der Waals surface area (Å²) in [6.45, 7) is 4.46. The molecule has 3 rings (SSSR count). The van der Waals surface area contributed by atoms with E-state index >= 15 is 0 Å². The normalized spacial score (nSPS) is 47.8. The first-order chi connectivity index (χ1) is 6.88. The maximum absolute atomic E-state index is 5.86. The Morgan fingerprint density at radius 1 is 1.36 bits per heavy atom. The van der Waals surface area contributed by atoms with Crippen LogP contribution in [0.4, 0.5) is 0 Å². The number of rotatable bonds is 1. The van der Waals surface area contributed by atoms with E-state index in [1.807, 2.05) is 0 Å². The largest absolute Gasteiger partial charge is 0.375 e. The minimum Gasteiger partial charge on any atom is -0.375 e. The quantitative estimate of drug-likeness (QED) is 0.635. The van der Waals surface area contributed by atoms with E-state index < -0.39 is 0 Å². The van der Waals surface area contributed by atoms with Crippen molar-refractivity contribution in [2.45, 2.75) is 57.2 Å². The molecule has 2 nitrogen and oxygen atoms in total. The second-order valence-corrected chi connectivity index (χ2v) is 5.21. The van der Waals surface area contributed by atoms with Crippen LogP contribution in [0.1, 0.15) is 39.0 Å². The Bertz CT molecular complexity index is 218. The zero-order valence-corrected chi connectivity index (χ0v) is 9.11. The Hall–Kier alpha value is -0.0800. The van der Waals surface area contributed by atoms with Crippen molar-refractivity contribution in [3.63, 3.8) is 0 Å². The SMILES string of the molecule is CCC1CN2C(CO1)CC1CCCC12. The van der Waals surface area contributed by atoms with Crippen molar-refractivity contribution in [3.8, 4) is 0 Å². The molecular formula is C12H21NO. The van der Waals surface area contributed by atoms with Gasteiger partial charge in [0.15, 0.2) is 0 Å². The molecule has 80 valence electrons. The molecule has 2 heteroatoms. The van der Waals surface area contributed by atoms with E-state index in [4.69, 9.17) is 4.74 Å². The molecule has 0 amide bonds. The van der Waals surface area contributed by atoms with E-state index in [-0.39, 0.29) is 0 Å². The molecule has 2 heterocycles. The molecular weight excluding hydrogens is 174 g/mol. The monoisotopic (exact) mass is 195 g/mol. The molecule has 0 bridgehead atoms. The van der Waals surface area contributed by atoms with Crippen molar-refractivity contribution in [2.75, 3.05) is 13.2 Å². The third kappa shape index (κ3) is 1.31. The van der Waals surface area contributed by atoms with E-state index in [9.17, 15) is 0 Å². The average molecular weight is 195 g/mol. The van der Waals surface area contributed by atoms with Gasteiger partial charge in [-0.05, 0) is 31.6 Å². The topological polar surface area (TPSA) is 12.5 Å². The van der Waals surface area contributed by atoms with Gasteiger partial charge < -0.3 is 4.74 Å². The van der Waals surface area contributed by atoms with Crippen molar-refractivity contribution in [3.05, 3.63) is 0 Å². The van der Waals surface area contributed by atoms with Gasteiger partial charge in [0.25, 0.3) is 0 Å². The molecule has 1 saturated carbocycles. The summed E-state index contributed by atoms with van der Waals surface area (Å²) in [4.78, 5) is 2.77. The van der Waals surface area contributed by atoms with Crippen LogP contribution in [-0.2, 0) is 4.74 Å². The van der Waals surface area contributed by atoms with Crippen molar-refractivity contribution in [1.82, 2.24) is 4.90 Å². The van der Waals surface area contributed by atoms with Crippen LogP contribution in [0.5, 0.6) is 0 Å². The molecule has 2 saturated heterocycles. The predicted octanol–water partition coefficient (Wildman–Crippen LogP) is 2.04. The number of fused-ring (bicyclic) bond motifs is 3. The van der Waals surface area contributed by atoms with E-state index in [1.54, 1.807) is 0 Å². The lowest BCUT2D eigenvalue weighted by Crippen LogP contribution is -2.49. The van der Waals surface area contributed by atoms with E-state index in [1.165, 1.54) is 38.6 Å². The van der Waals surface area contributed by atoms with Gasteiger partial charge in [-0.3, -0.25) is 4.90 Å². The molecule has 0 aromatic rings. The number of nitrogens with zero attached hydrogens (tertiary/aromatic N) is 1. The Morgan fingerprint density at radius 2 is 2.29 bits per heavy atom. The lowest BCUT2D eigenvalue weighted by Gasteiger charge is -2.37. The maximum atomic E-state index is 5.86. The molecule has 14 heavy (non-hydrogen) atoms. The molecule has 2 aliphatic heterocycles. The summed E-state index contributed by atoms with van der Waals surface area (Å²) in [6.07, 6.45) is 7.52. The lowest BCUT2D eigenvalue weighted by atomic mass is 10.0. The van der Waals surface area contributed by atoms with Crippen LogP contribution in [0, 0.1) is 5.92 Å². The van der Waals surface area contributed by atoms with Crippen LogP contribution in [0.3, 0.4) is 0 Å². The molecule has 3 fully saturated rings. The average Bonchev–Trinajstić information content (AvgIpc) is 2.76. The third-order valence-electron chi connectivity index (χ3n) is 4.48. The van der Waals surface area contributed by atoms with Crippen molar-refractivity contribution < 1.29 is 4.74 Å².